The highest BCUT2D eigenvalue weighted by Gasteiger charge is 2.60. The van der Waals surface area contributed by atoms with Crippen LogP contribution in [0.5, 0.6) is 5.75 Å². The third kappa shape index (κ3) is 2.87. The number of nitrogens with one attached hydrogen (secondary N) is 1. The van der Waals surface area contributed by atoms with Crippen LogP contribution in [0, 0.1) is 22.2 Å². The van der Waals surface area contributed by atoms with Crippen LogP contribution in [0.1, 0.15) is 52.4 Å². The Kier molecular flexibility index (Phi) is 3.38. The van der Waals surface area contributed by atoms with Gasteiger partial charge in [-0.05, 0) is 79.5 Å². The number of hydrogen-bond donors (Lipinski definition) is 2. The second-order valence-electron chi connectivity index (χ2n) is 9.38. The van der Waals surface area contributed by atoms with Gasteiger partial charge in [0.05, 0.1) is 6.61 Å². The van der Waals surface area contributed by atoms with E-state index in [-0.39, 0.29) is 11.2 Å². The molecule has 4 heteroatoms. The number of anilines is 1. The fourth-order valence-corrected chi connectivity index (χ4v) is 6.76. The molecule has 4 saturated carbocycles. The lowest BCUT2D eigenvalue weighted by Gasteiger charge is -2.65. The molecule has 4 aliphatic rings. The monoisotopic (exact) mass is 329 g/mol. The van der Waals surface area contributed by atoms with Gasteiger partial charge >= 0.3 is 6.09 Å². The number of benzene rings is 1. The maximum Gasteiger partial charge on any atom is 0.411 e. The standard InChI is InChI=1S/C20H27NO3/c1-18-7-14-8-19(2,10-18)12-20(9-14,11-18)13-24-17(23)21-15-3-5-16(22)6-4-15/h3-6,14,22H,7-13H2,1-2H3,(H,21,23). The van der Waals surface area contributed by atoms with Gasteiger partial charge in [0.25, 0.3) is 0 Å². The fraction of sp³-hybridized carbons (Fsp3) is 0.650. The maximum atomic E-state index is 12.2. The zero-order valence-electron chi connectivity index (χ0n) is 14.6. The summed E-state index contributed by atoms with van der Waals surface area (Å²) in [6, 6.07) is 6.44. The second kappa shape index (κ2) is 5.14. The first-order valence-corrected chi connectivity index (χ1v) is 9.00. The molecule has 4 nitrogen and oxygen atoms in total. The normalized spacial score (nSPS) is 39.7. The summed E-state index contributed by atoms with van der Waals surface area (Å²) in [4.78, 5) is 12.2. The van der Waals surface area contributed by atoms with Gasteiger partial charge in [-0.1, -0.05) is 13.8 Å². The summed E-state index contributed by atoms with van der Waals surface area (Å²) in [7, 11) is 0. The SMILES string of the molecule is CC12CC3CC(C)(C1)CC(COC(=O)Nc1ccc(O)cc1)(C3)C2. The van der Waals surface area contributed by atoms with Crippen molar-refractivity contribution in [2.24, 2.45) is 22.2 Å². The summed E-state index contributed by atoms with van der Waals surface area (Å²) in [5.41, 5.74) is 1.69. The van der Waals surface area contributed by atoms with Crippen molar-refractivity contribution in [1.29, 1.82) is 0 Å². The topological polar surface area (TPSA) is 58.6 Å². The summed E-state index contributed by atoms with van der Waals surface area (Å²) >= 11 is 0. The molecule has 2 N–H and O–H groups in total. The number of carbonyl (C=O) groups excluding carboxylic acids is 1. The highest BCUT2D eigenvalue weighted by molar-refractivity contribution is 5.84. The van der Waals surface area contributed by atoms with Gasteiger partial charge in [0.2, 0.25) is 0 Å². The number of phenolic OH excluding ortho intramolecular Hbond substituents is 1. The van der Waals surface area contributed by atoms with E-state index in [1.54, 1.807) is 24.3 Å². The molecule has 1 aromatic rings. The van der Waals surface area contributed by atoms with Gasteiger partial charge in [0.15, 0.2) is 0 Å². The summed E-state index contributed by atoms with van der Waals surface area (Å²) in [5, 5.41) is 12.0. The molecule has 2 unspecified atom stereocenters. The Hall–Kier alpha value is -1.71. The number of aromatic hydroxyl groups is 1. The highest BCUT2D eigenvalue weighted by atomic mass is 16.5. The number of rotatable bonds is 3. The van der Waals surface area contributed by atoms with E-state index in [4.69, 9.17) is 4.74 Å². The molecular formula is C20H27NO3. The minimum atomic E-state index is -0.397. The number of ether oxygens (including phenoxy) is 1. The van der Waals surface area contributed by atoms with E-state index in [9.17, 15) is 9.90 Å². The molecular weight excluding hydrogens is 302 g/mol. The molecule has 2 atom stereocenters. The Balaban J connectivity index is 1.40. The van der Waals surface area contributed by atoms with Crippen LogP contribution in [-0.2, 0) is 4.74 Å². The van der Waals surface area contributed by atoms with E-state index < -0.39 is 6.09 Å². The van der Waals surface area contributed by atoms with Crippen molar-refractivity contribution < 1.29 is 14.6 Å². The van der Waals surface area contributed by atoms with Crippen molar-refractivity contribution in [3.05, 3.63) is 24.3 Å². The van der Waals surface area contributed by atoms with Crippen LogP contribution in [0.2, 0.25) is 0 Å². The molecule has 1 aromatic carbocycles. The number of phenols is 1. The van der Waals surface area contributed by atoms with Gasteiger partial charge in [-0.2, -0.15) is 0 Å². The third-order valence-electron chi connectivity index (χ3n) is 6.36. The third-order valence-corrected chi connectivity index (χ3v) is 6.36. The van der Waals surface area contributed by atoms with E-state index in [1.165, 1.54) is 38.5 Å². The summed E-state index contributed by atoms with van der Waals surface area (Å²) in [5.74, 6) is 0.990. The molecule has 130 valence electrons. The zero-order chi connectivity index (χ0) is 17.0. The van der Waals surface area contributed by atoms with E-state index in [0.717, 1.165) is 5.92 Å². The predicted molar refractivity (Wildman–Crippen MR) is 92.9 cm³/mol. The predicted octanol–water partition coefficient (Wildman–Crippen LogP) is 4.94. The van der Waals surface area contributed by atoms with Gasteiger partial charge in [-0.3, -0.25) is 5.32 Å². The number of amides is 1. The molecule has 0 aliphatic heterocycles. The Bertz CT molecular complexity index is 635. The van der Waals surface area contributed by atoms with Crippen LogP contribution in [0.4, 0.5) is 10.5 Å². The largest absolute Gasteiger partial charge is 0.508 e. The summed E-state index contributed by atoms with van der Waals surface area (Å²) in [6.45, 7) is 5.39. The van der Waals surface area contributed by atoms with E-state index in [1.807, 2.05) is 0 Å². The van der Waals surface area contributed by atoms with Crippen molar-refractivity contribution in [3.63, 3.8) is 0 Å². The quantitative estimate of drug-likeness (QED) is 0.772. The van der Waals surface area contributed by atoms with Crippen LogP contribution in [0.15, 0.2) is 24.3 Å². The van der Waals surface area contributed by atoms with Crippen LogP contribution in [0.25, 0.3) is 0 Å². The van der Waals surface area contributed by atoms with E-state index >= 15 is 0 Å². The van der Waals surface area contributed by atoms with Crippen LogP contribution < -0.4 is 5.32 Å². The highest BCUT2D eigenvalue weighted by Crippen LogP contribution is 2.69. The molecule has 1 amide bonds. The van der Waals surface area contributed by atoms with Crippen molar-refractivity contribution >= 4 is 11.8 Å². The first kappa shape index (κ1) is 15.8. The number of carbonyl (C=O) groups is 1. The van der Waals surface area contributed by atoms with Crippen molar-refractivity contribution in [2.75, 3.05) is 11.9 Å². The molecule has 24 heavy (non-hydrogen) atoms. The Morgan fingerprint density at radius 3 is 2.33 bits per heavy atom. The average Bonchev–Trinajstić information content (AvgIpc) is 2.44. The summed E-state index contributed by atoms with van der Waals surface area (Å²) < 4.78 is 5.64. The van der Waals surface area contributed by atoms with Crippen LogP contribution in [0.3, 0.4) is 0 Å². The molecule has 4 fully saturated rings. The maximum absolute atomic E-state index is 12.2. The van der Waals surface area contributed by atoms with Gasteiger partial charge in [0, 0.05) is 11.1 Å². The lowest BCUT2D eigenvalue weighted by molar-refractivity contribution is -0.159. The molecule has 5 rings (SSSR count). The smallest absolute Gasteiger partial charge is 0.411 e. The first-order chi connectivity index (χ1) is 11.3. The molecule has 0 saturated heterocycles. The van der Waals surface area contributed by atoms with Crippen LogP contribution in [-0.4, -0.2) is 17.8 Å². The molecule has 0 spiro atoms. The molecule has 0 heterocycles. The van der Waals surface area contributed by atoms with E-state index in [0.29, 0.717) is 23.1 Å². The fourth-order valence-electron chi connectivity index (χ4n) is 6.76. The molecule has 0 aromatic heterocycles. The average molecular weight is 329 g/mol. The summed E-state index contributed by atoms with van der Waals surface area (Å²) in [6.07, 6.45) is 7.24. The lowest BCUT2D eigenvalue weighted by Crippen LogP contribution is -2.56. The van der Waals surface area contributed by atoms with E-state index in [2.05, 4.69) is 19.2 Å². The van der Waals surface area contributed by atoms with Gasteiger partial charge in [-0.15, -0.1) is 0 Å². The molecule has 0 radical (unpaired) electrons. The molecule has 4 aliphatic carbocycles. The molecule has 4 bridgehead atoms. The lowest BCUT2D eigenvalue weighted by atomic mass is 9.40. The van der Waals surface area contributed by atoms with Crippen LogP contribution >= 0.6 is 0 Å². The Morgan fingerprint density at radius 2 is 1.75 bits per heavy atom. The number of hydrogen-bond acceptors (Lipinski definition) is 3. The van der Waals surface area contributed by atoms with Crippen molar-refractivity contribution in [2.45, 2.75) is 52.4 Å². The van der Waals surface area contributed by atoms with Crippen molar-refractivity contribution in [1.82, 2.24) is 0 Å². The Morgan fingerprint density at radius 1 is 1.12 bits per heavy atom. The van der Waals surface area contributed by atoms with Crippen molar-refractivity contribution in [3.8, 4) is 5.75 Å². The minimum Gasteiger partial charge on any atom is -0.508 e. The van der Waals surface area contributed by atoms with Gasteiger partial charge < -0.3 is 9.84 Å². The zero-order valence-corrected chi connectivity index (χ0v) is 14.6. The van der Waals surface area contributed by atoms with Gasteiger partial charge in [-0.25, -0.2) is 4.79 Å². The second-order valence-corrected chi connectivity index (χ2v) is 9.38. The van der Waals surface area contributed by atoms with Gasteiger partial charge in [0.1, 0.15) is 5.75 Å². The Labute approximate surface area is 143 Å². The minimum absolute atomic E-state index is 0.176. The first-order valence-electron chi connectivity index (χ1n) is 9.00.